The van der Waals surface area contributed by atoms with Crippen LogP contribution in [-0.4, -0.2) is 39.2 Å². The molecule has 0 spiro atoms. The zero-order chi connectivity index (χ0) is 21.5. The maximum absolute atomic E-state index is 12.9. The van der Waals surface area contributed by atoms with Crippen LogP contribution in [0.1, 0.15) is 15.9 Å². The first-order valence-corrected chi connectivity index (χ1v) is 9.43. The van der Waals surface area contributed by atoms with Gasteiger partial charge in [0.1, 0.15) is 11.5 Å². The average Bonchev–Trinajstić information content (AvgIpc) is 2.79. The van der Waals surface area contributed by atoms with Crippen molar-refractivity contribution in [2.45, 2.75) is 6.54 Å². The molecule has 0 bridgehead atoms. The Morgan fingerprint density at radius 1 is 0.767 bits per heavy atom. The molecule has 0 saturated heterocycles. The van der Waals surface area contributed by atoms with Crippen molar-refractivity contribution in [2.75, 3.05) is 28.4 Å². The molecular formula is C24H25NO5. The summed E-state index contributed by atoms with van der Waals surface area (Å²) in [6.45, 7) is 0.352. The molecule has 30 heavy (non-hydrogen) atoms. The van der Waals surface area contributed by atoms with Gasteiger partial charge in [0.25, 0.3) is 5.91 Å². The van der Waals surface area contributed by atoms with Crippen LogP contribution in [-0.2, 0) is 6.54 Å². The van der Waals surface area contributed by atoms with Crippen LogP contribution in [0.15, 0.2) is 66.7 Å². The molecule has 3 aromatic carbocycles. The third-order valence-corrected chi connectivity index (χ3v) is 4.62. The lowest BCUT2D eigenvalue weighted by molar-refractivity contribution is 0.0784. The van der Waals surface area contributed by atoms with Crippen molar-refractivity contribution >= 4 is 5.91 Å². The molecule has 0 aliphatic carbocycles. The number of ether oxygens (including phenoxy) is 4. The highest BCUT2D eigenvalue weighted by molar-refractivity contribution is 5.94. The highest BCUT2D eigenvalue weighted by atomic mass is 16.5. The van der Waals surface area contributed by atoms with Crippen molar-refractivity contribution in [3.63, 3.8) is 0 Å². The molecule has 0 radical (unpaired) electrons. The molecule has 3 rings (SSSR count). The van der Waals surface area contributed by atoms with Crippen LogP contribution in [0.4, 0.5) is 0 Å². The van der Waals surface area contributed by atoms with Crippen LogP contribution in [0.3, 0.4) is 0 Å². The number of carbonyl (C=O) groups excluding carboxylic acids is 1. The van der Waals surface area contributed by atoms with Crippen molar-refractivity contribution in [2.24, 2.45) is 0 Å². The van der Waals surface area contributed by atoms with E-state index >= 15 is 0 Å². The number of hydrogen-bond acceptors (Lipinski definition) is 5. The zero-order valence-electron chi connectivity index (χ0n) is 17.5. The van der Waals surface area contributed by atoms with Gasteiger partial charge in [-0.05, 0) is 48.5 Å². The Labute approximate surface area is 176 Å². The van der Waals surface area contributed by atoms with Gasteiger partial charge in [0.15, 0.2) is 11.5 Å². The zero-order valence-corrected chi connectivity index (χ0v) is 17.5. The van der Waals surface area contributed by atoms with Gasteiger partial charge in [-0.1, -0.05) is 18.2 Å². The van der Waals surface area contributed by atoms with Gasteiger partial charge in [-0.15, -0.1) is 0 Å². The number of para-hydroxylation sites is 1. The molecule has 0 unspecified atom stereocenters. The quantitative estimate of drug-likeness (QED) is 0.538. The van der Waals surface area contributed by atoms with Crippen LogP contribution in [0.2, 0.25) is 0 Å². The van der Waals surface area contributed by atoms with Crippen LogP contribution >= 0.6 is 0 Å². The SMILES string of the molecule is COc1ccc(CN(C)C(=O)c2ccc(Oc3ccccc3)cc2)c(OC)c1OC. The van der Waals surface area contributed by atoms with Gasteiger partial charge < -0.3 is 23.8 Å². The Bertz CT molecular complexity index is 986. The second-order valence-corrected chi connectivity index (χ2v) is 6.59. The summed E-state index contributed by atoms with van der Waals surface area (Å²) in [6.07, 6.45) is 0. The van der Waals surface area contributed by atoms with E-state index in [4.69, 9.17) is 18.9 Å². The number of rotatable bonds is 8. The number of methoxy groups -OCH3 is 3. The van der Waals surface area contributed by atoms with Crippen molar-refractivity contribution in [3.8, 4) is 28.7 Å². The lowest BCUT2D eigenvalue weighted by Gasteiger charge is -2.21. The van der Waals surface area contributed by atoms with Gasteiger partial charge in [0, 0.05) is 24.7 Å². The summed E-state index contributed by atoms with van der Waals surface area (Å²) in [4.78, 5) is 14.5. The molecule has 0 saturated carbocycles. The third-order valence-electron chi connectivity index (χ3n) is 4.62. The number of hydrogen-bond donors (Lipinski definition) is 0. The molecule has 0 atom stereocenters. The Morgan fingerprint density at radius 3 is 2.00 bits per heavy atom. The predicted octanol–water partition coefficient (Wildman–Crippen LogP) is 4.78. The van der Waals surface area contributed by atoms with E-state index in [-0.39, 0.29) is 5.91 Å². The van der Waals surface area contributed by atoms with Gasteiger partial charge in [-0.25, -0.2) is 0 Å². The molecule has 0 aliphatic rings. The van der Waals surface area contributed by atoms with Crippen molar-refractivity contribution in [1.82, 2.24) is 4.90 Å². The van der Waals surface area contributed by atoms with Crippen LogP contribution < -0.4 is 18.9 Å². The molecule has 6 heteroatoms. The summed E-state index contributed by atoms with van der Waals surface area (Å²) in [7, 11) is 6.43. The first kappa shape index (κ1) is 21.0. The summed E-state index contributed by atoms with van der Waals surface area (Å²) in [5.41, 5.74) is 1.38. The van der Waals surface area contributed by atoms with Crippen molar-refractivity contribution in [1.29, 1.82) is 0 Å². The summed E-state index contributed by atoms with van der Waals surface area (Å²) in [5, 5.41) is 0. The largest absolute Gasteiger partial charge is 0.493 e. The maximum Gasteiger partial charge on any atom is 0.253 e. The molecule has 0 aliphatic heterocycles. The van der Waals surface area contributed by atoms with Gasteiger partial charge in [-0.3, -0.25) is 4.79 Å². The topological polar surface area (TPSA) is 57.2 Å². The number of amides is 1. The number of nitrogens with zero attached hydrogens (tertiary/aromatic N) is 1. The van der Waals surface area contributed by atoms with Crippen molar-refractivity contribution in [3.05, 3.63) is 77.9 Å². The standard InChI is InChI=1S/C24H25NO5/c1-25(16-18-12-15-21(27-2)23(29-4)22(18)28-3)24(26)17-10-13-20(14-11-17)30-19-8-6-5-7-9-19/h5-15H,16H2,1-4H3. The average molecular weight is 407 g/mol. The Hall–Kier alpha value is -3.67. The monoisotopic (exact) mass is 407 g/mol. The van der Waals surface area contributed by atoms with E-state index in [0.29, 0.717) is 35.1 Å². The Kier molecular flexibility index (Phi) is 6.80. The highest BCUT2D eigenvalue weighted by Crippen LogP contribution is 2.40. The molecule has 0 fully saturated rings. The van der Waals surface area contributed by atoms with Gasteiger partial charge in [0.05, 0.1) is 21.3 Å². The molecule has 0 heterocycles. The molecular weight excluding hydrogens is 382 g/mol. The fourth-order valence-electron chi connectivity index (χ4n) is 3.13. The predicted molar refractivity (Wildman–Crippen MR) is 115 cm³/mol. The van der Waals surface area contributed by atoms with Gasteiger partial charge >= 0.3 is 0 Å². The lowest BCUT2D eigenvalue weighted by Crippen LogP contribution is -2.26. The summed E-state index contributed by atoms with van der Waals surface area (Å²) >= 11 is 0. The molecule has 0 N–H and O–H groups in total. The summed E-state index contributed by atoms with van der Waals surface area (Å²) < 4.78 is 22.0. The minimum atomic E-state index is -0.113. The van der Waals surface area contributed by atoms with Crippen LogP contribution in [0, 0.1) is 0 Å². The lowest BCUT2D eigenvalue weighted by atomic mass is 10.1. The van der Waals surface area contributed by atoms with Gasteiger partial charge in [0.2, 0.25) is 5.75 Å². The smallest absolute Gasteiger partial charge is 0.253 e. The van der Waals surface area contributed by atoms with Gasteiger partial charge in [-0.2, -0.15) is 0 Å². The van der Waals surface area contributed by atoms with E-state index in [1.54, 1.807) is 63.6 Å². The van der Waals surface area contributed by atoms with E-state index < -0.39 is 0 Å². The van der Waals surface area contributed by atoms with Crippen LogP contribution in [0.25, 0.3) is 0 Å². The second kappa shape index (κ2) is 9.69. The third kappa shape index (κ3) is 4.66. The summed E-state index contributed by atoms with van der Waals surface area (Å²) in [5.74, 6) is 2.92. The molecule has 1 amide bonds. The van der Waals surface area contributed by atoms with E-state index in [9.17, 15) is 4.79 Å². The maximum atomic E-state index is 12.9. The Balaban J connectivity index is 1.73. The van der Waals surface area contributed by atoms with E-state index in [1.165, 1.54) is 0 Å². The molecule has 6 nitrogen and oxygen atoms in total. The normalized spacial score (nSPS) is 10.3. The molecule has 156 valence electrons. The van der Waals surface area contributed by atoms with Crippen molar-refractivity contribution < 1.29 is 23.7 Å². The molecule has 0 aromatic heterocycles. The fraction of sp³-hybridized carbons (Fsp3) is 0.208. The van der Waals surface area contributed by atoms with E-state index in [2.05, 4.69) is 0 Å². The van der Waals surface area contributed by atoms with E-state index in [0.717, 1.165) is 11.3 Å². The van der Waals surface area contributed by atoms with Crippen LogP contribution in [0.5, 0.6) is 28.7 Å². The first-order chi connectivity index (χ1) is 14.6. The second-order valence-electron chi connectivity index (χ2n) is 6.59. The summed E-state index contributed by atoms with van der Waals surface area (Å²) in [6, 6.07) is 20.2. The highest BCUT2D eigenvalue weighted by Gasteiger charge is 2.19. The fourth-order valence-corrected chi connectivity index (χ4v) is 3.13. The number of carbonyl (C=O) groups is 1. The first-order valence-electron chi connectivity index (χ1n) is 9.43. The number of benzene rings is 3. The van der Waals surface area contributed by atoms with E-state index in [1.807, 2.05) is 36.4 Å². The molecule has 3 aromatic rings. The minimum absolute atomic E-state index is 0.113. The Morgan fingerprint density at radius 2 is 1.40 bits per heavy atom. The minimum Gasteiger partial charge on any atom is -0.493 e.